The van der Waals surface area contributed by atoms with E-state index in [1.807, 2.05) is 0 Å². The lowest BCUT2D eigenvalue weighted by Crippen LogP contribution is -2.32. The van der Waals surface area contributed by atoms with E-state index in [9.17, 15) is 15.0 Å². The average Bonchev–Trinajstić information content (AvgIpc) is 2.22. The Bertz CT molecular complexity index is 434. The number of phenols is 3. The molecule has 1 rings (SSSR count). The zero-order valence-electron chi connectivity index (χ0n) is 8.01. The molecule has 0 unspecified atom stereocenters. The van der Waals surface area contributed by atoms with Crippen molar-refractivity contribution in [1.82, 2.24) is 0 Å². The molecular formula is C9H10ClNO5. The summed E-state index contributed by atoms with van der Waals surface area (Å²) in [4.78, 5) is 10.5. The molecule has 1 atom stereocenters. The number of benzene rings is 1. The van der Waals surface area contributed by atoms with Crippen LogP contribution >= 0.6 is 11.6 Å². The fourth-order valence-corrected chi connectivity index (χ4v) is 1.37. The van der Waals surface area contributed by atoms with E-state index in [0.29, 0.717) is 0 Å². The van der Waals surface area contributed by atoms with E-state index in [1.54, 1.807) is 0 Å². The topological polar surface area (TPSA) is 124 Å². The fraction of sp³-hybridized carbons (Fsp3) is 0.222. The quantitative estimate of drug-likeness (QED) is 0.389. The van der Waals surface area contributed by atoms with E-state index in [0.717, 1.165) is 6.07 Å². The second-order valence-corrected chi connectivity index (χ2v) is 3.59. The highest BCUT2D eigenvalue weighted by atomic mass is 35.5. The van der Waals surface area contributed by atoms with Crippen molar-refractivity contribution >= 4 is 17.6 Å². The Morgan fingerprint density at radius 2 is 1.94 bits per heavy atom. The van der Waals surface area contributed by atoms with Gasteiger partial charge in [0.05, 0.1) is 0 Å². The third-order valence-corrected chi connectivity index (χ3v) is 2.39. The summed E-state index contributed by atoms with van der Waals surface area (Å²) in [6, 6.07) is -0.217. The molecule has 6 nitrogen and oxygen atoms in total. The first-order valence-electron chi connectivity index (χ1n) is 4.25. The van der Waals surface area contributed by atoms with E-state index < -0.39 is 34.3 Å². The predicted octanol–water partition coefficient (Wildman–Crippen LogP) is 0.411. The van der Waals surface area contributed by atoms with Crippen molar-refractivity contribution < 1.29 is 25.2 Å². The van der Waals surface area contributed by atoms with Gasteiger partial charge in [-0.3, -0.25) is 4.79 Å². The number of carboxylic acid groups (broad SMARTS) is 1. The molecule has 6 N–H and O–H groups in total. The van der Waals surface area contributed by atoms with Crippen LogP contribution in [0.2, 0.25) is 5.02 Å². The molecule has 0 saturated carbocycles. The van der Waals surface area contributed by atoms with Gasteiger partial charge in [0.2, 0.25) is 0 Å². The van der Waals surface area contributed by atoms with Crippen molar-refractivity contribution in [1.29, 1.82) is 0 Å². The summed E-state index contributed by atoms with van der Waals surface area (Å²) in [7, 11) is 0. The maximum absolute atomic E-state index is 10.5. The minimum atomic E-state index is -1.25. The molecule has 1 aromatic carbocycles. The van der Waals surface area contributed by atoms with Crippen molar-refractivity contribution in [3.05, 3.63) is 16.7 Å². The Hall–Kier alpha value is -1.66. The summed E-state index contributed by atoms with van der Waals surface area (Å²) in [5, 5.41) is 36.0. The summed E-state index contributed by atoms with van der Waals surface area (Å²) in [5.74, 6) is -2.95. The highest BCUT2D eigenvalue weighted by Gasteiger charge is 2.19. The number of phenolic OH excluding ortho intramolecular Hbond substituents is 3. The Morgan fingerprint density at radius 1 is 1.38 bits per heavy atom. The molecule has 0 fully saturated rings. The summed E-state index contributed by atoms with van der Waals surface area (Å²) >= 11 is 5.50. The minimum absolute atomic E-state index is 0.0511. The van der Waals surface area contributed by atoms with Crippen LogP contribution in [0.5, 0.6) is 17.2 Å². The van der Waals surface area contributed by atoms with Gasteiger partial charge in [-0.15, -0.1) is 0 Å². The molecule has 1 aromatic rings. The molecule has 0 saturated heterocycles. The fourth-order valence-electron chi connectivity index (χ4n) is 1.15. The standard InChI is InChI=1S/C9H10ClNO5/c10-6-7(13)3(1-4(11)9(15)16)2-5(12)8(6)14/h2,4,12-14H,1,11H2,(H,15,16)/t4-/m0/s1. The largest absolute Gasteiger partial charge is 0.506 e. The maximum atomic E-state index is 10.5. The van der Waals surface area contributed by atoms with E-state index >= 15 is 0 Å². The normalized spacial score (nSPS) is 12.4. The molecule has 0 aliphatic rings. The van der Waals surface area contributed by atoms with Crippen molar-refractivity contribution in [2.24, 2.45) is 5.73 Å². The van der Waals surface area contributed by atoms with Gasteiger partial charge in [0.15, 0.2) is 11.5 Å². The molecule has 7 heteroatoms. The first-order chi connectivity index (χ1) is 7.34. The van der Waals surface area contributed by atoms with Gasteiger partial charge in [-0.25, -0.2) is 0 Å². The lowest BCUT2D eigenvalue weighted by atomic mass is 10.0. The summed E-state index contributed by atoms with van der Waals surface area (Å²) in [6.45, 7) is 0. The van der Waals surface area contributed by atoms with Crippen LogP contribution in [0, 0.1) is 0 Å². The number of aromatic hydroxyl groups is 3. The molecule has 0 aromatic heterocycles. The van der Waals surface area contributed by atoms with E-state index in [1.165, 1.54) is 0 Å². The van der Waals surface area contributed by atoms with Crippen molar-refractivity contribution in [2.75, 3.05) is 0 Å². The number of hydrogen-bond donors (Lipinski definition) is 5. The van der Waals surface area contributed by atoms with Crippen LogP contribution in [0.3, 0.4) is 0 Å². The smallest absolute Gasteiger partial charge is 0.320 e. The van der Waals surface area contributed by atoms with Crippen LogP contribution in [0.1, 0.15) is 5.56 Å². The van der Waals surface area contributed by atoms with E-state index in [-0.39, 0.29) is 12.0 Å². The highest BCUT2D eigenvalue weighted by molar-refractivity contribution is 6.33. The number of aliphatic carboxylic acids is 1. The van der Waals surface area contributed by atoms with Gasteiger partial charge in [0.1, 0.15) is 16.8 Å². The number of carbonyl (C=O) groups is 1. The van der Waals surface area contributed by atoms with Gasteiger partial charge in [-0.05, 0) is 6.07 Å². The molecule has 0 aliphatic carbocycles. The van der Waals surface area contributed by atoms with Crippen LogP contribution in [0.15, 0.2) is 6.07 Å². The number of nitrogens with two attached hydrogens (primary N) is 1. The number of hydrogen-bond acceptors (Lipinski definition) is 5. The molecule has 0 aliphatic heterocycles. The molecule has 88 valence electrons. The van der Waals surface area contributed by atoms with E-state index in [4.69, 9.17) is 27.5 Å². The summed E-state index contributed by atoms with van der Waals surface area (Å²) < 4.78 is 0. The second kappa shape index (κ2) is 4.46. The van der Waals surface area contributed by atoms with Crippen LogP contribution in [0.4, 0.5) is 0 Å². The third-order valence-electron chi connectivity index (χ3n) is 2.03. The molecule has 0 radical (unpaired) electrons. The Labute approximate surface area is 95.5 Å². The van der Waals surface area contributed by atoms with Crippen molar-refractivity contribution in [3.63, 3.8) is 0 Å². The monoisotopic (exact) mass is 247 g/mol. The predicted molar refractivity (Wildman–Crippen MR) is 55.8 cm³/mol. The first kappa shape index (κ1) is 12.4. The zero-order chi connectivity index (χ0) is 12.5. The first-order valence-corrected chi connectivity index (χ1v) is 4.63. The lowest BCUT2D eigenvalue weighted by Gasteiger charge is -2.11. The average molecular weight is 248 g/mol. The van der Waals surface area contributed by atoms with Gasteiger partial charge in [-0.2, -0.15) is 0 Å². The molecule has 0 amide bonds. The van der Waals surface area contributed by atoms with Crippen LogP contribution in [-0.2, 0) is 11.2 Å². The number of halogens is 1. The number of rotatable bonds is 3. The minimum Gasteiger partial charge on any atom is -0.506 e. The SMILES string of the molecule is N[C@@H](Cc1cc(O)c(O)c(Cl)c1O)C(=O)O. The molecular weight excluding hydrogens is 238 g/mol. The third kappa shape index (κ3) is 2.29. The molecule has 0 spiro atoms. The summed E-state index contributed by atoms with van der Waals surface area (Å²) in [6.07, 6.45) is -0.214. The molecule has 0 bridgehead atoms. The van der Waals surface area contributed by atoms with Gasteiger partial charge < -0.3 is 26.2 Å². The van der Waals surface area contributed by atoms with E-state index in [2.05, 4.69) is 0 Å². The summed E-state index contributed by atoms with van der Waals surface area (Å²) in [5.41, 5.74) is 5.31. The van der Waals surface area contributed by atoms with Crippen LogP contribution in [0.25, 0.3) is 0 Å². The number of carboxylic acids is 1. The Balaban J connectivity index is 3.11. The Kier molecular flexibility index (Phi) is 3.46. The van der Waals surface area contributed by atoms with Crippen LogP contribution < -0.4 is 5.73 Å². The van der Waals surface area contributed by atoms with Crippen LogP contribution in [-0.4, -0.2) is 32.4 Å². The maximum Gasteiger partial charge on any atom is 0.320 e. The molecule has 0 heterocycles. The van der Waals surface area contributed by atoms with Gasteiger partial charge in [-0.1, -0.05) is 11.6 Å². The highest BCUT2D eigenvalue weighted by Crippen LogP contribution is 2.42. The van der Waals surface area contributed by atoms with Crippen molar-refractivity contribution in [3.8, 4) is 17.2 Å². The Morgan fingerprint density at radius 3 is 2.44 bits per heavy atom. The second-order valence-electron chi connectivity index (χ2n) is 3.21. The van der Waals surface area contributed by atoms with Gasteiger partial charge in [0, 0.05) is 12.0 Å². The zero-order valence-corrected chi connectivity index (χ0v) is 8.77. The van der Waals surface area contributed by atoms with Crippen molar-refractivity contribution in [2.45, 2.75) is 12.5 Å². The molecule has 16 heavy (non-hydrogen) atoms. The lowest BCUT2D eigenvalue weighted by molar-refractivity contribution is -0.138. The van der Waals surface area contributed by atoms with Gasteiger partial charge in [0.25, 0.3) is 0 Å². The van der Waals surface area contributed by atoms with Gasteiger partial charge >= 0.3 is 5.97 Å².